The highest BCUT2D eigenvalue weighted by atomic mass is 15.1. The number of anilines is 3. The number of aryl methyl sites for hydroxylation is 2. The Morgan fingerprint density at radius 3 is 1.55 bits per heavy atom. The maximum absolute atomic E-state index is 2.37. The average molecular weight is 602 g/mol. The van der Waals surface area contributed by atoms with Crippen LogP contribution in [-0.4, -0.2) is 0 Å². The Morgan fingerprint density at radius 1 is 0.319 bits per heavy atom. The summed E-state index contributed by atoms with van der Waals surface area (Å²) in [5.41, 5.74) is 13.4. The molecule has 0 N–H and O–H groups in total. The zero-order chi connectivity index (χ0) is 31.7. The zero-order valence-corrected chi connectivity index (χ0v) is 26.7. The molecule has 0 spiro atoms. The van der Waals surface area contributed by atoms with E-state index in [1.807, 2.05) is 0 Å². The van der Waals surface area contributed by atoms with Gasteiger partial charge in [0.25, 0.3) is 0 Å². The van der Waals surface area contributed by atoms with Crippen molar-refractivity contribution in [3.8, 4) is 33.4 Å². The van der Waals surface area contributed by atoms with Gasteiger partial charge in [0.2, 0.25) is 0 Å². The molecule has 1 heteroatoms. The fourth-order valence-corrected chi connectivity index (χ4v) is 6.78. The Morgan fingerprint density at radius 2 is 0.830 bits per heavy atom. The second kappa shape index (κ2) is 12.1. The van der Waals surface area contributed by atoms with Crippen LogP contribution in [-0.2, 0) is 0 Å². The topological polar surface area (TPSA) is 3.24 Å². The summed E-state index contributed by atoms with van der Waals surface area (Å²) < 4.78 is 0. The summed E-state index contributed by atoms with van der Waals surface area (Å²) in [4.78, 5) is 2.37. The summed E-state index contributed by atoms with van der Waals surface area (Å²) in [6, 6.07) is 63.9. The van der Waals surface area contributed by atoms with E-state index in [2.05, 4.69) is 195 Å². The first kappa shape index (κ1) is 28.5. The lowest BCUT2D eigenvalue weighted by Crippen LogP contribution is -2.09. The largest absolute Gasteiger partial charge is 0.310 e. The number of hydrogen-bond acceptors (Lipinski definition) is 1. The van der Waals surface area contributed by atoms with Crippen LogP contribution in [0, 0.1) is 13.8 Å². The fraction of sp³-hybridized carbons (Fsp3) is 0.0435. The molecule has 47 heavy (non-hydrogen) atoms. The highest BCUT2D eigenvalue weighted by molar-refractivity contribution is 6.09. The molecule has 8 rings (SSSR count). The van der Waals surface area contributed by atoms with Crippen molar-refractivity contribution < 1.29 is 0 Å². The Hall–Kier alpha value is -5.92. The Balaban J connectivity index is 1.23. The van der Waals surface area contributed by atoms with Crippen LogP contribution in [0.5, 0.6) is 0 Å². The van der Waals surface area contributed by atoms with E-state index < -0.39 is 0 Å². The molecule has 0 aromatic heterocycles. The molecule has 0 radical (unpaired) electrons. The number of fused-ring (bicyclic) bond motifs is 3. The van der Waals surface area contributed by atoms with Gasteiger partial charge in [0, 0.05) is 17.1 Å². The van der Waals surface area contributed by atoms with Crippen LogP contribution in [0.1, 0.15) is 11.1 Å². The van der Waals surface area contributed by atoms with Crippen LogP contribution >= 0.6 is 0 Å². The lowest BCUT2D eigenvalue weighted by Gasteiger charge is -2.26. The minimum absolute atomic E-state index is 1.12. The Labute approximate surface area is 277 Å². The molecular formula is C46H35N. The van der Waals surface area contributed by atoms with E-state index in [-0.39, 0.29) is 0 Å². The van der Waals surface area contributed by atoms with E-state index in [0.717, 1.165) is 17.1 Å². The van der Waals surface area contributed by atoms with Crippen LogP contribution in [0.3, 0.4) is 0 Å². The third kappa shape index (κ3) is 5.47. The molecule has 8 aromatic carbocycles. The van der Waals surface area contributed by atoms with Gasteiger partial charge >= 0.3 is 0 Å². The van der Waals surface area contributed by atoms with Gasteiger partial charge in [-0.15, -0.1) is 0 Å². The van der Waals surface area contributed by atoms with Gasteiger partial charge in [-0.3, -0.25) is 0 Å². The normalized spacial score (nSPS) is 11.2. The highest BCUT2D eigenvalue weighted by Crippen LogP contribution is 2.40. The molecule has 0 saturated heterocycles. The van der Waals surface area contributed by atoms with Crippen molar-refractivity contribution in [2.24, 2.45) is 0 Å². The molecular weight excluding hydrogens is 567 g/mol. The summed E-state index contributed by atoms with van der Waals surface area (Å²) in [6.07, 6.45) is 0. The molecule has 0 bridgehead atoms. The zero-order valence-electron chi connectivity index (χ0n) is 26.7. The molecule has 0 fully saturated rings. The Kier molecular flexibility index (Phi) is 7.36. The molecule has 0 saturated carbocycles. The van der Waals surface area contributed by atoms with Gasteiger partial charge in [0.05, 0.1) is 0 Å². The van der Waals surface area contributed by atoms with Crippen LogP contribution in [0.4, 0.5) is 17.1 Å². The van der Waals surface area contributed by atoms with Gasteiger partial charge in [-0.05, 0) is 122 Å². The third-order valence-corrected chi connectivity index (χ3v) is 9.35. The van der Waals surface area contributed by atoms with Gasteiger partial charge < -0.3 is 4.90 Å². The van der Waals surface area contributed by atoms with Crippen molar-refractivity contribution in [3.63, 3.8) is 0 Å². The quantitative estimate of drug-likeness (QED) is 0.171. The maximum atomic E-state index is 2.37. The summed E-state index contributed by atoms with van der Waals surface area (Å²) in [6.45, 7) is 4.38. The van der Waals surface area contributed by atoms with E-state index in [4.69, 9.17) is 0 Å². The van der Waals surface area contributed by atoms with Gasteiger partial charge in [-0.1, -0.05) is 133 Å². The van der Waals surface area contributed by atoms with E-state index in [1.165, 1.54) is 66.1 Å². The Bertz CT molecular complexity index is 2350. The van der Waals surface area contributed by atoms with Crippen molar-refractivity contribution in [2.75, 3.05) is 4.90 Å². The number of nitrogens with zero attached hydrogens (tertiary/aromatic N) is 1. The second-order valence-corrected chi connectivity index (χ2v) is 12.3. The first-order chi connectivity index (χ1) is 23.1. The maximum Gasteiger partial charge on any atom is 0.0468 e. The summed E-state index contributed by atoms with van der Waals surface area (Å²) in [5, 5.41) is 5.02. The summed E-state index contributed by atoms with van der Waals surface area (Å²) in [7, 11) is 0. The van der Waals surface area contributed by atoms with Crippen molar-refractivity contribution in [2.45, 2.75) is 13.8 Å². The standard InChI is InChI=1S/C46H35N/c1-32-10-6-8-14-43(32)45-30-39(17-16-33(45)2)36-22-27-41(28-23-36)47(40-25-20-35(21-26-40)34-11-4-3-5-12-34)42-29-24-38-19-18-37-13-7-9-15-44(37)46(38)31-42/h3-31H,1-2H3. The van der Waals surface area contributed by atoms with Gasteiger partial charge in [0.15, 0.2) is 0 Å². The molecule has 1 nitrogen and oxygen atoms in total. The van der Waals surface area contributed by atoms with E-state index in [0.29, 0.717) is 0 Å². The molecule has 0 aliphatic heterocycles. The van der Waals surface area contributed by atoms with Crippen molar-refractivity contribution >= 4 is 38.6 Å². The molecule has 0 atom stereocenters. The molecule has 0 amide bonds. The number of benzene rings is 8. The predicted octanol–water partition coefficient (Wildman–Crippen LogP) is 13.1. The number of rotatable bonds is 6. The van der Waals surface area contributed by atoms with E-state index in [9.17, 15) is 0 Å². The molecule has 8 aromatic rings. The minimum Gasteiger partial charge on any atom is -0.310 e. The van der Waals surface area contributed by atoms with Crippen LogP contribution < -0.4 is 4.90 Å². The van der Waals surface area contributed by atoms with Crippen LogP contribution in [0.2, 0.25) is 0 Å². The molecule has 224 valence electrons. The summed E-state index contributed by atoms with van der Waals surface area (Å²) >= 11 is 0. The third-order valence-electron chi connectivity index (χ3n) is 9.35. The van der Waals surface area contributed by atoms with Gasteiger partial charge in [-0.2, -0.15) is 0 Å². The average Bonchev–Trinajstić information content (AvgIpc) is 3.13. The molecule has 0 heterocycles. The van der Waals surface area contributed by atoms with E-state index >= 15 is 0 Å². The molecule has 0 unspecified atom stereocenters. The lowest BCUT2D eigenvalue weighted by molar-refractivity contribution is 1.29. The monoisotopic (exact) mass is 601 g/mol. The first-order valence-corrected chi connectivity index (χ1v) is 16.3. The molecule has 0 aliphatic carbocycles. The fourth-order valence-electron chi connectivity index (χ4n) is 6.78. The smallest absolute Gasteiger partial charge is 0.0468 e. The molecule has 0 aliphatic rings. The van der Waals surface area contributed by atoms with E-state index in [1.54, 1.807) is 0 Å². The summed E-state index contributed by atoms with van der Waals surface area (Å²) in [5.74, 6) is 0. The first-order valence-electron chi connectivity index (χ1n) is 16.3. The highest BCUT2D eigenvalue weighted by Gasteiger charge is 2.15. The van der Waals surface area contributed by atoms with Crippen molar-refractivity contribution in [1.82, 2.24) is 0 Å². The second-order valence-electron chi connectivity index (χ2n) is 12.3. The van der Waals surface area contributed by atoms with Gasteiger partial charge in [-0.25, -0.2) is 0 Å². The lowest BCUT2D eigenvalue weighted by atomic mass is 9.93. The SMILES string of the molecule is Cc1ccccc1-c1cc(-c2ccc(N(c3ccc(-c4ccccc4)cc3)c3ccc4ccc5ccccc5c4c3)cc2)ccc1C. The minimum atomic E-state index is 1.12. The van der Waals surface area contributed by atoms with Crippen LogP contribution in [0.15, 0.2) is 176 Å². The van der Waals surface area contributed by atoms with Gasteiger partial charge in [0.1, 0.15) is 0 Å². The predicted molar refractivity (Wildman–Crippen MR) is 202 cm³/mol. The van der Waals surface area contributed by atoms with Crippen molar-refractivity contribution in [3.05, 3.63) is 187 Å². The number of hydrogen-bond donors (Lipinski definition) is 0. The van der Waals surface area contributed by atoms with Crippen molar-refractivity contribution in [1.29, 1.82) is 0 Å². The van der Waals surface area contributed by atoms with Crippen LogP contribution in [0.25, 0.3) is 54.9 Å².